The van der Waals surface area contributed by atoms with E-state index in [4.69, 9.17) is 14.2 Å². The highest BCUT2D eigenvalue weighted by Gasteiger charge is 2.57. The number of amides is 2. The first kappa shape index (κ1) is 24.3. The summed E-state index contributed by atoms with van der Waals surface area (Å²) in [5.74, 6) is 1.68. The number of aryl methyl sites for hydroxylation is 1. The van der Waals surface area contributed by atoms with Gasteiger partial charge in [-0.3, -0.25) is 9.59 Å². The average molecular weight is 533 g/mol. The van der Waals surface area contributed by atoms with Crippen LogP contribution in [0.15, 0.2) is 84.9 Å². The second-order valence-electron chi connectivity index (χ2n) is 10.4. The van der Waals surface area contributed by atoms with E-state index in [1.54, 1.807) is 12.1 Å². The number of carbonyl (C=O) groups is 2. The summed E-state index contributed by atoms with van der Waals surface area (Å²) in [5, 5.41) is 2.96. The molecule has 3 aliphatic rings. The molecule has 0 aliphatic carbocycles. The molecule has 7 nitrogen and oxygen atoms in total. The lowest BCUT2D eigenvalue weighted by Crippen LogP contribution is -2.42. The highest BCUT2D eigenvalue weighted by atomic mass is 16.7. The van der Waals surface area contributed by atoms with Crippen molar-refractivity contribution in [1.82, 2.24) is 0 Å². The number of benzene rings is 4. The standard InChI is InChI=1S/C33H28N2O5/c1-2-5-21-10-14-24(15-11-21)34-31(36)23-12-8-22(9-13-23)18-35-27-7-4-3-6-25(27)33(32(35)37)19-38-28-17-30-29(16-26(28)33)39-20-40-30/h3-4,6-17H,2,5,18-20H2,1H3,(H,34,36). The van der Waals surface area contributed by atoms with Crippen LogP contribution in [0.4, 0.5) is 11.4 Å². The van der Waals surface area contributed by atoms with Crippen LogP contribution in [0.2, 0.25) is 0 Å². The number of hydrogen-bond acceptors (Lipinski definition) is 5. The van der Waals surface area contributed by atoms with Crippen molar-refractivity contribution in [3.63, 3.8) is 0 Å². The maximum absolute atomic E-state index is 14.2. The quantitative estimate of drug-likeness (QED) is 0.337. The predicted octanol–water partition coefficient (Wildman–Crippen LogP) is 5.85. The minimum absolute atomic E-state index is 0.0420. The number of fused-ring (bicyclic) bond motifs is 5. The summed E-state index contributed by atoms with van der Waals surface area (Å²) in [5.41, 5.74) is 5.12. The first-order valence-corrected chi connectivity index (χ1v) is 13.5. The smallest absolute Gasteiger partial charge is 0.255 e. The van der Waals surface area contributed by atoms with E-state index in [-0.39, 0.29) is 25.2 Å². The Morgan fingerprint density at radius 3 is 2.35 bits per heavy atom. The van der Waals surface area contributed by atoms with Gasteiger partial charge in [0.05, 0.1) is 6.54 Å². The Labute approximate surface area is 232 Å². The van der Waals surface area contributed by atoms with Crippen molar-refractivity contribution in [1.29, 1.82) is 0 Å². The molecule has 2 amide bonds. The van der Waals surface area contributed by atoms with Crippen LogP contribution in [0.25, 0.3) is 0 Å². The van der Waals surface area contributed by atoms with Crippen LogP contribution in [0.3, 0.4) is 0 Å². The number of hydrogen-bond donors (Lipinski definition) is 1. The Bertz CT molecular complexity index is 1630. The van der Waals surface area contributed by atoms with Crippen LogP contribution in [0.5, 0.6) is 17.2 Å². The molecule has 40 heavy (non-hydrogen) atoms. The lowest BCUT2D eigenvalue weighted by atomic mass is 9.77. The molecular weight excluding hydrogens is 504 g/mol. The van der Waals surface area contributed by atoms with E-state index in [2.05, 4.69) is 12.2 Å². The summed E-state index contributed by atoms with van der Waals surface area (Å²) in [4.78, 5) is 28.9. The number of para-hydroxylation sites is 1. The molecule has 0 radical (unpaired) electrons. The molecule has 4 aromatic rings. The van der Waals surface area contributed by atoms with E-state index >= 15 is 0 Å². The van der Waals surface area contributed by atoms with Crippen LogP contribution >= 0.6 is 0 Å². The monoisotopic (exact) mass is 532 g/mol. The van der Waals surface area contributed by atoms with E-state index in [1.165, 1.54) is 5.56 Å². The molecule has 0 saturated heterocycles. The number of nitrogens with one attached hydrogen (secondary N) is 1. The Balaban J connectivity index is 1.13. The third-order valence-electron chi connectivity index (χ3n) is 7.95. The molecule has 0 saturated carbocycles. The van der Waals surface area contributed by atoms with Gasteiger partial charge in [-0.15, -0.1) is 0 Å². The molecule has 1 atom stereocenters. The molecule has 0 bridgehead atoms. The molecule has 0 fully saturated rings. The van der Waals surface area contributed by atoms with Gasteiger partial charge in [-0.05, 0) is 59.5 Å². The zero-order valence-electron chi connectivity index (χ0n) is 22.1. The van der Waals surface area contributed by atoms with E-state index in [0.717, 1.165) is 40.9 Å². The third kappa shape index (κ3) is 3.80. The Morgan fingerprint density at radius 1 is 0.850 bits per heavy atom. The molecule has 3 aliphatic heterocycles. The van der Waals surface area contributed by atoms with Gasteiger partial charge in [0.1, 0.15) is 17.8 Å². The fourth-order valence-electron chi connectivity index (χ4n) is 5.91. The van der Waals surface area contributed by atoms with Crippen molar-refractivity contribution in [3.05, 3.63) is 113 Å². The van der Waals surface area contributed by atoms with E-state index in [1.807, 2.05) is 77.7 Å². The van der Waals surface area contributed by atoms with Gasteiger partial charge in [0.25, 0.3) is 5.91 Å². The number of carbonyl (C=O) groups excluding carboxylic acids is 2. The van der Waals surface area contributed by atoms with Gasteiger partial charge in [-0.25, -0.2) is 0 Å². The van der Waals surface area contributed by atoms with Gasteiger partial charge in [0.15, 0.2) is 11.5 Å². The predicted molar refractivity (Wildman–Crippen MR) is 151 cm³/mol. The topological polar surface area (TPSA) is 77.1 Å². The Morgan fingerprint density at radius 2 is 1.57 bits per heavy atom. The van der Waals surface area contributed by atoms with Crippen LogP contribution in [-0.2, 0) is 23.2 Å². The Kier molecular flexibility index (Phi) is 5.73. The SMILES string of the molecule is CCCc1ccc(NC(=O)c2ccc(CN3C(=O)C4(COc5cc6c(cc54)OCO6)c4ccccc43)cc2)cc1. The van der Waals surface area contributed by atoms with Crippen molar-refractivity contribution < 1.29 is 23.8 Å². The molecule has 1 N–H and O–H groups in total. The third-order valence-corrected chi connectivity index (χ3v) is 7.95. The van der Waals surface area contributed by atoms with Gasteiger partial charge < -0.3 is 24.4 Å². The molecule has 4 aromatic carbocycles. The number of ether oxygens (including phenoxy) is 3. The maximum Gasteiger partial charge on any atom is 0.255 e. The van der Waals surface area contributed by atoms with Crippen LogP contribution < -0.4 is 24.4 Å². The second-order valence-corrected chi connectivity index (χ2v) is 10.4. The maximum atomic E-state index is 14.2. The number of anilines is 2. The first-order valence-electron chi connectivity index (χ1n) is 13.5. The molecule has 0 aromatic heterocycles. The molecule has 1 spiro atoms. The van der Waals surface area contributed by atoms with Crippen LogP contribution in [0.1, 0.15) is 46.0 Å². The van der Waals surface area contributed by atoms with Gasteiger partial charge in [0, 0.05) is 28.6 Å². The molecule has 3 heterocycles. The fraction of sp³-hybridized carbons (Fsp3) is 0.212. The summed E-state index contributed by atoms with van der Waals surface area (Å²) in [6.07, 6.45) is 2.10. The van der Waals surface area contributed by atoms with Crippen LogP contribution in [0, 0.1) is 0 Å². The highest BCUT2D eigenvalue weighted by Crippen LogP contribution is 2.55. The second kappa shape index (κ2) is 9.45. The van der Waals surface area contributed by atoms with E-state index in [0.29, 0.717) is 29.4 Å². The normalized spacial score (nSPS) is 18.0. The molecule has 200 valence electrons. The summed E-state index contributed by atoms with van der Waals surface area (Å²) in [6, 6.07) is 26.9. The lowest BCUT2D eigenvalue weighted by Gasteiger charge is -2.23. The van der Waals surface area contributed by atoms with Crippen molar-refractivity contribution in [2.24, 2.45) is 0 Å². The lowest BCUT2D eigenvalue weighted by molar-refractivity contribution is -0.122. The molecular formula is C33H28N2O5. The van der Waals surface area contributed by atoms with Crippen molar-refractivity contribution in [2.45, 2.75) is 31.7 Å². The van der Waals surface area contributed by atoms with Crippen molar-refractivity contribution in [2.75, 3.05) is 23.6 Å². The zero-order chi connectivity index (χ0) is 27.3. The summed E-state index contributed by atoms with van der Waals surface area (Å²) in [7, 11) is 0. The van der Waals surface area contributed by atoms with E-state index in [9.17, 15) is 9.59 Å². The first-order chi connectivity index (χ1) is 19.6. The number of rotatable bonds is 6. The van der Waals surface area contributed by atoms with Gasteiger partial charge in [-0.2, -0.15) is 0 Å². The summed E-state index contributed by atoms with van der Waals surface area (Å²) >= 11 is 0. The summed E-state index contributed by atoms with van der Waals surface area (Å²) < 4.78 is 17.2. The molecule has 7 rings (SSSR count). The minimum atomic E-state index is -0.945. The van der Waals surface area contributed by atoms with E-state index < -0.39 is 5.41 Å². The van der Waals surface area contributed by atoms with Gasteiger partial charge in [0.2, 0.25) is 12.7 Å². The highest BCUT2D eigenvalue weighted by molar-refractivity contribution is 6.11. The fourth-order valence-corrected chi connectivity index (χ4v) is 5.91. The summed E-state index contributed by atoms with van der Waals surface area (Å²) in [6.45, 7) is 2.89. The average Bonchev–Trinajstić information content (AvgIpc) is 3.66. The van der Waals surface area contributed by atoms with Gasteiger partial charge >= 0.3 is 0 Å². The van der Waals surface area contributed by atoms with Crippen LogP contribution in [-0.4, -0.2) is 25.2 Å². The number of nitrogens with zero attached hydrogens (tertiary/aromatic N) is 1. The minimum Gasteiger partial charge on any atom is -0.491 e. The molecule has 1 unspecified atom stereocenters. The zero-order valence-corrected chi connectivity index (χ0v) is 22.1. The van der Waals surface area contributed by atoms with Crippen molar-refractivity contribution in [3.8, 4) is 17.2 Å². The Hall–Kier alpha value is -4.78. The molecule has 7 heteroatoms. The largest absolute Gasteiger partial charge is 0.491 e. The van der Waals surface area contributed by atoms with Gasteiger partial charge in [-0.1, -0.05) is 55.8 Å². The van der Waals surface area contributed by atoms with Crippen molar-refractivity contribution >= 4 is 23.2 Å².